The van der Waals surface area contributed by atoms with Gasteiger partial charge in [-0.1, -0.05) is 29.4 Å². The molecule has 2 atom stereocenters. The summed E-state index contributed by atoms with van der Waals surface area (Å²) in [5.41, 5.74) is 3.06. The van der Waals surface area contributed by atoms with E-state index in [1.807, 2.05) is 76.2 Å². The summed E-state index contributed by atoms with van der Waals surface area (Å²) in [4.78, 5) is 4.73. The van der Waals surface area contributed by atoms with Crippen LogP contribution in [0.4, 0.5) is 0 Å². The summed E-state index contributed by atoms with van der Waals surface area (Å²) in [5, 5.41) is 3.79. The van der Waals surface area contributed by atoms with Gasteiger partial charge >= 0.3 is 0 Å². The monoisotopic (exact) mass is 411 g/mol. The highest BCUT2D eigenvalue weighted by Crippen LogP contribution is 2.30. The summed E-state index contributed by atoms with van der Waals surface area (Å²) in [5.74, 6) is 2.56. The Morgan fingerprint density at radius 2 is 1.67 bits per heavy atom. The molecule has 162 valence electrons. The minimum Gasteiger partial charge on any atom is -0.491 e. The number of ether oxygens (including phenoxy) is 3. The lowest BCUT2D eigenvalue weighted by Crippen LogP contribution is -2.23. The molecule has 2 aromatic rings. The van der Waals surface area contributed by atoms with Crippen LogP contribution in [0.3, 0.4) is 0 Å². The van der Waals surface area contributed by atoms with Crippen LogP contribution in [-0.2, 0) is 4.84 Å². The Morgan fingerprint density at radius 3 is 2.33 bits per heavy atom. The summed E-state index contributed by atoms with van der Waals surface area (Å²) >= 11 is 0. The molecule has 5 nitrogen and oxygen atoms in total. The third-order valence-corrected chi connectivity index (χ3v) is 4.50. The van der Waals surface area contributed by atoms with Gasteiger partial charge in [0.15, 0.2) is 0 Å². The normalized spacial score (nSPS) is 13.4. The smallest absolute Gasteiger partial charge is 0.125 e. The zero-order valence-corrected chi connectivity index (χ0v) is 18.8. The highest BCUT2D eigenvalue weighted by atomic mass is 16.6. The van der Waals surface area contributed by atoms with Crippen molar-refractivity contribution >= 4 is 6.21 Å². The molecule has 5 heteroatoms. The predicted molar refractivity (Wildman–Crippen MR) is 122 cm³/mol. The third-order valence-electron chi connectivity index (χ3n) is 4.50. The van der Waals surface area contributed by atoms with E-state index in [4.69, 9.17) is 19.0 Å². The molecule has 0 aliphatic heterocycles. The van der Waals surface area contributed by atoms with Crippen molar-refractivity contribution in [1.29, 1.82) is 0 Å². The zero-order chi connectivity index (χ0) is 21.9. The molecule has 2 unspecified atom stereocenters. The number of benzene rings is 2. The maximum absolute atomic E-state index is 6.25. The van der Waals surface area contributed by atoms with Crippen LogP contribution >= 0.6 is 0 Å². The van der Waals surface area contributed by atoms with E-state index < -0.39 is 0 Å². The van der Waals surface area contributed by atoms with Gasteiger partial charge in [-0.05, 0) is 75.6 Å². The Bertz CT molecular complexity index is 837. The van der Waals surface area contributed by atoms with Crippen molar-refractivity contribution in [2.45, 2.75) is 53.2 Å². The first-order chi connectivity index (χ1) is 14.4. The molecule has 0 aliphatic rings. The second-order valence-corrected chi connectivity index (χ2v) is 7.35. The van der Waals surface area contributed by atoms with Crippen LogP contribution in [-0.4, -0.2) is 32.1 Å². The van der Waals surface area contributed by atoms with Gasteiger partial charge in [-0.25, -0.2) is 0 Å². The van der Waals surface area contributed by atoms with Crippen LogP contribution in [0.1, 0.15) is 43.9 Å². The van der Waals surface area contributed by atoms with Crippen LogP contribution in [0.15, 0.2) is 53.7 Å². The molecular weight excluding hydrogens is 378 g/mol. The fraction of sp³-hybridized carbons (Fsp3) is 0.400. The van der Waals surface area contributed by atoms with Gasteiger partial charge in [-0.15, -0.1) is 0 Å². The number of hydrogen-bond donors (Lipinski definition) is 0. The lowest BCUT2D eigenvalue weighted by molar-refractivity contribution is 0.129. The molecule has 0 bridgehead atoms. The first-order valence-electron chi connectivity index (χ1n) is 10.3. The molecule has 0 saturated heterocycles. The minimum absolute atomic E-state index is 0.00124. The molecule has 0 aliphatic carbocycles. The molecule has 2 rings (SSSR count). The number of rotatable bonds is 11. The number of hydrogen-bond acceptors (Lipinski definition) is 5. The Balaban J connectivity index is 1.95. The highest BCUT2D eigenvalue weighted by molar-refractivity contribution is 5.79. The Labute approximate surface area is 180 Å². The average Bonchev–Trinajstić information content (AvgIpc) is 2.69. The van der Waals surface area contributed by atoms with E-state index in [0.29, 0.717) is 6.61 Å². The van der Waals surface area contributed by atoms with Gasteiger partial charge < -0.3 is 19.0 Å². The quantitative estimate of drug-likeness (QED) is 0.264. The van der Waals surface area contributed by atoms with Gasteiger partial charge in [-0.2, -0.15) is 0 Å². The van der Waals surface area contributed by atoms with E-state index in [0.717, 1.165) is 40.4 Å². The van der Waals surface area contributed by atoms with E-state index in [9.17, 15) is 0 Å². The Morgan fingerprint density at radius 1 is 0.967 bits per heavy atom. The molecule has 2 aromatic carbocycles. The number of oxime groups is 1. The first-order valence-corrected chi connectivity index (χ1v) is 10.3. The van der Waals surface area contributed by atoms with Gasteiger partial charge in [0.25, 0.3) is 0 Å². The zero-order valence-electron chi connectivity index (χ0n) is 18.8. The van der Waals surface area contributed by atoms with Crippen molar-refractivity contribution in [3.05, 3.63) is 65.2 Å². The fourth-order valence-corrected chi connectivity index (χ4v) is 3.20. The van der Waals surface area contributed by atoms with Gasteiger partial charge in [0.05, 0.1) is 18.4 Å². The molecule has 0 amide bonds. The van der Waals surface area contributed by atoms with Crippen molar-refractivity contribution in [3.63, 3.8) is 0 Å². The average molecular weight is 412 g/mol. The van der Waals surface area contributed by atoms with E-state index in [-0.39, 0.29) is 12.2 Å². The van der Waals surface area contributed by atoms with Gasteiger partial charge in [0.1, 0.15) is 31.0 Å². The molecule has 0 saturated carbocycles. The van der Waals surface area contributed by atoms with Crippen LogP contribution in [0.25, 0.3) is 0 Å². The topological polar surface area (TPSA) is 49.3 Å². The van der Waals surface area contributed by atoms with Crippen LogP contribution in [0, 0.1) is 13.8 Å². The van der Waals surface area contributed by atoms with Gasteiger partial charge in [0, 0.05) is 6.42 Å². The maximum atomic E-state index is 6.25. The summed E-state index contributed by atoms with van der Waals surface area (Å²) in [7, 11) is 1.52. The van der Waals surface area contributed by atoms with Crippen molar-refractivity contribution in [3.8, 4) is 17.2 Å². The Kier molecular flexibility index (Phi) is 9.26. The molecule has 0 radical (unpaired) electrons. The number of aryl methyl sites for hydroxylation is 2. The van der Waals surface area contributed by atoms with E-state index in [1.54, 1.807) is 6.21 Å². The number of allylic oxidation sites excluding steroid dienone is 1. The third kappa shape index (κ3) is 7.47. The van der Waals surface area contributed by atoms with Crippen molar-refractivity contribution in [2.75, 3.05) is 13.7 Å². The van der Waals surface area contributed by atoms with Crippen LogP contribution < -0.4 is 14.2 Å². The molecule has 30 heavy (non-hydrogen) atoms. The summed E-state index contributed by atoms with van der Waals surface area (Å²) in [6.07, 6.45) is 6.38. The van der Waals surface area contributed by atoms with E-state index in [2.05, 4.69) is 12.1 Å². The lowest BCUT2D eigenvalue weighted by atomic mass is 10.1. The summed E-state index contributed by atoms with van der Waals surface area (Å²) in [6, 6.07) is 11.8. The largest absolute Gasteiger partial charge is 0.491 e. The minimum atomic E-state index is -0.00124. The highest BCUT2D eigenvalue weighted by Gasteiger charge is 2.15. The molecule has 0 fully saturated rings. The Hall–Kier alpha value is -2.95. The number of nitrogens with zero attached hydrogens (tertiary/aromatic N) is 1. The van der Waals surface area contributed by atoms with Crippen LogP contribution in [0.2, 0.25) is 0 Å². The van der Waals surface area contributed by atoms with Crippen molar-refractivity contribution in [1.82, 2.24) is 0 Å². The molecule has 0 N–H and O–H groups in total. The SMILES string of the molecule is C/C=C/COc1cc(C)c(OC(C)CC(C)Oc2cccc(/C=N/OC)c2)c(C)c1. The molecule has 0 spiro atoms. The standard InChI is InChI=1S/C25H33NO4/c1-7-8-12-28-24-13-18(2)25(19(3)14-24)30-21(5)15-20(4)29-23-11-9-10-22(16-23)17-26-27-6/h7-11,13-14,16-17,20-21H,12,15H2,1-6H3/b8-7+,26-17+. The maximum Gasteiger partial charge on any atom is 0.125 e. The predicted octanol–water partition coefficient (Wildman–Crippen LogP) is 5.86. The second kappa shape index (κ2) is 11.9. The van der Waals surface area contributed by atoms with E-state index >= 15 is 0 Å². The van der Waals surface area contributed by atoms with E-state index in [1.165, 1.54) is 7.11 Å². The van der Waals surface area contributed by atoms with Crippen LogP contribution in [0.5, 0.6) is 17.2 Å². The lowest BCUT2D eigenvalue weighted by Gasteiger charge is -2.22. The van der Waals surface area contributed by atoms with Crippen molar-refractivity contribution in [2.24, 2.45) is 5.16 Å². The summed E-state index contributed by atoms with van der Waals surface area (Å²) in [6.45, 7) is 10.8. The fourth-order valence-electron chi connectivity index (χ4n) is 3.20. The summed E-state index contributed by atoms with van der Waals surface area (Å²) < 4.78 is 18.1. The molecular formula is C25H33NO4. The second-order valence-electron chi connectivity index (χ2n) is 7.35. The van der Waals surface area contributed by atoms with Gasteiger partial charge in [0.2, 0.25) is 0 Å². The molecule has 0 aromatic heterocycles. The first kappa shape index (κ1) is 23.3. The van der Waals surface area contributed by atoms with Gasteiger partial charge in [-0.3, -0.25) is 0 Å². The molecule has 0 heterocycles. The van der Waals surface area contributed by atoms with Crippen molar-refractivity contribution < 1.29 is 19.0 Å².